The zero-order valence-corrected chi connectivity index (χ0v) is 15.3. The smallest absolute Gasteiger partial charge is 0.318 e. The second-order valence-corrected chi connectivity index (χ2v) is 7.30. The fraction of sp³-hybridized carbons (Fsp3) is 0.647. The van der Waals surface area contributed by atoms with Gasteiger partial charge in [-0.05, 0) is 19.8 Å². The minimum Gasteiger partial charge on any atom is -0.459 e. The van der Waals surface area contributed by atoms with Gasteiger partial charge in [0, 0.05) is 57.0 Å². The number of allylic oxidation sites excluding steroid dienone is 1. The van der Waals surface area contributed by atoms with Gasteiger partial charge >= 0.3 is 6.01 Å². The van der Waals surface area contributed by atoms with Crippen molar-refractivity contribution in [1.29, 1.82) is 0 Å². The third-order valence-electron chi connectivity index (χ3n) is 3.88. The highest BCUT2D eigenvalue weighted by atomic mass is 32.2. The highest BCUT2D eigenvalue weighted by molar-refractivity contribution is 7.99. The van der Waals surface area contributed by atoms with Crippen LogP contribution in [0.15, 0.2) is 18.9 Å². The minimum absolute atomic E-state index is 0.105. The zero-order chi connectivity index (χ0) is 16.7. The molecule has 2 rings (SSSR count). The van der Waals surface area contributed by atoms with Crippen molar-refractivity contribution in [3.63, 3.8) is 0 Å². The van der Waals surface area contributed by atoms with Gasteiger partial charge in [-0.15, -0.1) is 6.58 Å². The minimum atomic E-state index is 0.105. The van der Waals surface area contributed by atoms with Crippen molar-refractivity contribution in [3.8, 4) is 6.01 Å². The first kappa shape index (κ1) is 18.1. The summed E-state index contributed by atoms with van der Waals surface area (Å²) in [6, 6.07) is 0.472. The predicted molar refractivity (Wildman–Crippen MR) is 98.7 cm³/mol. The van der Waals surface area contributed by atoms with Crippen LogP contribution in [-0.2, 0) is 0 Å². The fourth-order valence-corrected chi connectivity index (χ4v) is 3.62. The number of nitrogens with zero attached hydrogens (tertiary/aromatic N) is 4. The molecule has 0 radical (unpaired) electrons. The van der Waals surface area contributed by atoms with E-state index < -0.39 is 0 Å². The molecule has 1 aliphatic heterocycles. The van der Waals surface area contributed by atoms with Crippen molar-refractivity contribution in [2.24, 2.45) is 0 Å². The van der Waals surface area contributed by atoms with Gasteiger partial charge in [0.25, 0.3) is 0 Å². The molecule has 0 N–H and O–H groups in total. The number of hydrogen-bond acceptors (Lipinski definition) is 6. The second-order valence-electron chi connectivity index (χ2n) is 6.07. The molecule has 128 valence electrons. The lowest BCUT2D eigenvalue weighted by Gasteiger charge is -2.30. The molecule has 0 bridgehead atoms. The first-order chi connectivity index (χ1) is 11.1. The molecule has 0 aromatic carbocycles. The number of aryl methyl sites for hydroxylation is 1. The Balaban J connectivity index is 2.03. The van der Waals surface area contributed by atoms with Gasteiger partial charge in [-0.3, -0.25) is 4.90 Å². The molecule has 23 heavy (non-hydrogen) atoms. The summed E-state index contributed by atoms with van der Waals surface area (Å²) in [5, 5.41) is 0. The monoisotopic (exact) mass is 336 g/mol. The van der Waals surface area contributed by atoms with Gasteiger partial charge in [0.2, 0.25) is 0 Å². The molecular formula is C17H28N4OS. The maximum Gasteiger partial charge on any atom is 0.318 e. The third kappa shape index (κ3) is 5.70. The van der Waals surface area contributed by atoms with E-state index in [0.29, 0.717) is 6.01 Å². The molecule has 0 spiro atoms. The zero-order valence-electron chi connectivity index (χ0n) is 14.5. The van der Waals surface area contributed by atoms with Crippen molar-refractivity contribution >= 4 is 17.6 Å². The number of ether oxygens (including phenoxy) is 1. The fourth-order valence-electron chi connectivity index (χ4n) is 2.64. The summed E-state index contributed by atoms with van der Waals surface area (Å²) in [6.07, 6.45) is 5.78. The molecule has 6 heteroatoms. The van der Waals surface area contributed by atoms with E-state index in [1.165, 1.54) is 11.5 Å². The lowest BCUT2D eigenvalue weighted by molar-refractivity contribution is 0.122. The average molecular weight is 337 g/mol. The molecule has 1 aromatic rings. The van der Waals surface area contributed by atoms with E-state index in [-0.39, 0.29) is 6.10 Å². The summed E-state index contributed by atoms with van der Waals surface area (Å²) < 4.78 is 6.12. The highest BCUT2D eigenvalue weighted by Gasteiger charge is 2.19. The second kappa shape index (κ2) is 9.13. The van der Waals surface area contributed by atoms with Gasteiger partial charge in [0.1, 0.15) is 11.9 Å². The van der Waals surface area contributed by atoms with Crippen molar-refractivity contribution in [1.82, 2.24) is 14.9 Å². The van der Waals surface area contributed by atoms with E-state index in [0.717, 1.165) is 43.9 Å². The third-order valence-corrected chi connectivity index (χ3v) is 4.82. The normalized spacial score (nSPS) is 16.8. The van der Waals surface area contributed by atoms with E-state index in [2.05, 4.69) is 21.4 Å². The number of thioether (sulfide) groups is 1. The Hall–Kier alpha value is -1.27. The van der Waals surface area contributed by atoms with Crippen LogP contribution in [0.25, 0.3) is 0 Å². The van der Waals surface area contributed by atoms with Gasteiger partial charge in [0.05, 0.1) is 0 Å². The van der Waals surface area contributed by atoms with Crippen molar-refractivity contribution in [2.75, 3.05) is 50.1 Å². The Labute approximate surface area is 144 Å². The first-order valence-electron chi connectivity index (χ1n) is 8.18. The molecule has 1 aromatic heterocycles. The summed E-state index contributed by atoms with van der Waals surface area (Å²) in [5.74, 6) is 3.33. The Bertz CT molecular complexity index is 503. The van der Waals surface area contributed by atoms with Crippen LogP contribution in [-0.4, -0.2) is 66.2 Å². The van der Waals surface area contributed by atoms with Crippen LogP contribution in [0.5, 0.6) is 6.01 Å². The summed E-state index contributed by atoms with van der Waals surface area (Å²) in [7, 11) is 3.97. The molecule has 0 unspecified atom stereocenters. The Morgan fingerprint density at radius 1 is 1.43 bits per heavy atom. The molecular weight excluding hydrogens is 308 g/mol. The SMILES string of the molecule is C=CCC[C@H](CN1CCSCC1)Oc1ncc(C)c(N(C)C)n1. The van der Waals surface area contributed by atoms with Gasteiger partial charge < -0.3 is 9.64 Å². The standard InChI is InChI=1S/C17H28N4OS/c1-5-6-7-15(13-21-8-10-23-11-9-21)22-17-18-12-14(2)16(19-17)20(3)4/h5,12,15H,1,6-11,13H2,2-4H3/t15-/m1/s1. The predicted octanol–water partition coefficient (Wildman–Crippen LogP) is 2.61. The van der Waals surface area contributed by atoms with Crippen LogP contribution in [0.3, 0.4) is 0 Å². The van der Waals surface area contributed by atoms with Gasteiger partial charge in [-0.1, -0.05) is 6.08 Å². The Morgan fingerprint density at radius 3 is 2.83 bits per heavy atom. The molecule has 0 saturated carbocycles. The Morgan fingerprint density at radius 2 is 2.17 bits per heavy atom. The van der Waals surface area contributed by atoms with E-state index in [9.17, 15) is 0 Å². The van der Waals surface area contributed by atoms with Gasteiger partial charge in [-0.2, -0.15) is 16.7 Å². The van der Waals surface area contributed by atoms with Crippen molar-refractivity contribution in [2.45, 2.75) is 25.9 Å². The van der Waals surface area contributed by atoms with E-state index in [1.807, 2.05) is 50.0 Å². The number of aromatic nitrogens is 2. The van der Waals surface area contributed by atoms with E-state index >= 15 is 0 Å². The average Bonchev–Trinajstić information content (AvgIpc) is 2.55. The number of rotatable bonds is 8. The number of hydrogen-bond donors (Lipinski definition) is 0. The molecule has 1 atom stereocenters. The quantitative estimate of drug-likeness (QED) is 0.680. The molecule has 0 amide bonds. The van der Waals surface area contributed by atoms with Crippen LogP contribution in [0, 0.1) is 6.92 Å². The lowest BCUT2D eigenvalue weighted by Crippen LogP contribution is -2.40. The largest absolute Gasteiger partial charge is 0.459 e. The molecule has 1 saturated heterocycles. The summed E-state index contributed by atoms with van der Waals surface area (Å²) in [4.78, 5) is 13.4. The molecule has 1 fully saturated rings. The summed E-state index contributed by atoms with van der Waals surface area (Å²) >= 11 is 2.03. The van der Waals surface area contributed by atoms with Crippen molar-refractivity contribution < 1.29 is 4.74 Å². The van der Waals surface area contributed by atoms with Crippen LogP contribution < -0.4 is 9.64 Å². The maximum atomic E-state index is 6.12. The van der Waals surface area contributed by atoms with Crippen LogP contribution >= 0.6 is 11.8 Å². The van der Waals surface area contributed by atoms with Crippen LogP contribution in [0.4, 0.5) is 5.82 Å². The molecule has 1 aliphatic rings. The van der Waals surface area contributed by atoms with Crippen molar-refractivity contribution in [3.05, 3.63) is 24.4 Å². The summed E-state index contributed by atoms with van der Waals surface area (Å²) in [5.41, 5.74) is 1.05. The molecule has 5 nitrogen and oxygen atoms in total. The topological polar surface area (TPSA) is 41.5 Å². The molecule has 2 heterocycles. The van der Waals surface area contributed by atoms with E-state index in [4.69, 9.17) is 4.74 Å². The Kier molecular flexibility index (Phi) is 7.17. The van der Waals surface area contributed by atoms with E-state index in [1.54, 1.807) is 0 Å². The lowest BCUT2D eigenvalue weighted by atomic mass is 10.2. The number of anilines is 1. The van der Waals surface area contributed by atoms with Crippen LogP contribution in [0.1, 0.15) is 18.4 Å². The summed E-state index contributed by atoms with van der Waals surface area (Å²) in [6.45, 7) is 9.04. The van der Waals surface area contributed by atoms with Crippen LogP contribution in [0.2, 0.25) is 0 Å². The maximum absolute atomic E-state index is 6.12. The first-order valence-corrected chi connectivity index (χ1v) is 9.34. The van der Waals surface area contributed by atoms with Gasteiger partial charge in [-0.25, -0.2) is 4.98 Å². The molecule has 0 aliphatic carbocycles. The highest BCUT2D eigenvalue weighted by Crippen LogP contribution is 2.19. The van der Waals surface area contributed by atoms with Gasteiger partial charge in [0.15, 0.2) is 0 Å².